The van der Waals surface area contributed by atoms with Gasteiger partial charge in [0.1, 0.15) is 0 Å². The Kier molecular flexibility index (Phi) is 7.41. The van der Waals surface area contributed by atoms with E-state index >= 15 is 0 Å². The highest BCUT2D eigenvalue weighted by Crippen LogP contribution is 2.49. The summed E-state index contributed by atoms with van der Waals surface area (Å²) in [7, 11) is 0. The van der Waals surface area contributed by atoms with Crippen LogP contribution in [-0.2, 0) is 5.41 Å². The van der Waals surface area contributed by atoms with Gasteiger partial charge in [-0.25, -0.2) is 15.0 Å². The molecule has 8 aromatic carbocycles. The molecule has 0 N–H and O–H groups in total. The zero-order valence-corrected chi connectivity index (χ0v) is 33.3. The van der Waals surface area contributed by atoms with Crippen LogP contribution in [0.25, 0.3) is 104 Å². The van der Waals surface area contributed by atoms with Gasteiger partial charge < -0.3 is 4.57 Å². The summed E-state index contributed by atoms with van der Waals surface area (Å²) in [6.45, 7) is 4.62. The van der Waals surface area contributed by atoms with E-state index < -0.39 is 0 Å². The molecule has 0 aliphatic heterocycles. The lowest BCUT2D eigenvalue weighted by molar-refractivity contribution is 0.660. The Morgan fingerprint density at radius 3 is 1.83 bits per heavy atom. The molecular formula is C54H36N4S. The smallest absolute Gasteiger partial charge is 0.164 e. The Morgan fingerprint density at radius 1 is 0.407 bits per heavy atom. The fourth-order valence-corrected chi connectivity index (χ4v) is 10.6. The molecule has 3 heterocycles. The third kappa shape index (κ3) is 5.25. The molecule has 0 bridgehead atoms. The van der Waals surface area contributed by atoms with Gasteiger partial charge in [-0.15, -0.1) is 11.3 Å². The molecule has 0 fully saturated rings. The molecule has 0 radical (unpaired) electrons. The van der Waals surface area contributed by atoms with Gasteiger partial charge in [0.05, 0.1) is 11.0 Å². The number of aromatic nitrogens is 4. The highest BCUT2D eigenvalue weighted by molar-refractivity contribution is 7.26. The van der Waals surface area contributed by atoms with E-state index in [1.165, 1.54) is 75.4 Å². The number of fused-ring (bicyclic) bond motifs is 9. The van der Waals surface area contributed by atoms with Gasteiger partial charge >= 0.3 is 0 Å². The highest BCUT2D eigenvalue weighted by atomic mass is 32.1. The van der Waals surface area contributed by atoms with Crippen molar-refractivity contribution in [3.05, 3.63) is 193 Å². The topological polar surface area (TPSA) is 43.6 Å². The molecule has 4 nitrogen and oxygen atoms in total. The van der Waals surface area contributed by atoms with Crippen LogP contribution in [0.4, 0.5) is 0 Å². The first-order valence-corrected chi connectivity index (χ1v) is 20.9. The van der Waals surface area contributed by atoms with Gasteiger partial charge in [-0.2, -0.15) is 0 Å². The van der Waals surface area contributed by atoms with E-state index in [4.69, 9.17) is 15.0 Å². The van der Waals surface area contributed by atoms with E-state index in [0.717, 1.165) is 22.4 Å². The molecule has 3 aromatic heterocycles. The van der Waals surface area contributed by atoms with E-state index in [2.05, 4.69) is 182 Å². The predicted octanol–water partition coefficient (Wildman–Crippen LogP) is 14.3. The summed E-state index contributed by atoms with van der Waals surface area (Å²) in [5.74, 6) is 2.00. The van der Waals surface area contributed by atoms with E-state index in [0.29, 0.717) is 17.5 Å². The highest BCUT2D eigenvalue weighted by Gasteiger charge is 2.35. The lowest BCUT2D eigenvalue weighted by Gasteiger charge is -2.21. The number of thiophene rings is 1. The molecule has 278 valence electrons. The number of hydrogen-bond acceptors (Lipinski definition) is 4. The van der Waals surface area contributed by atoms with E-state index in [1.807, 2.05) is 29.5 Å². The van der Waals surface area contributed by atoms with Crippen LogP contribution in [0.1, 0.15) is 25.0 Å². The van der Waals surface area contributed by atoms with Crippen LogP contribution in [0, 0.1) is 0 Å². The van der Waals surface area contributed by atoms with Crippen molar-refractivity contribution in [2.24, 2.45) is 0 Å². The number of para-hydroxylation sites is 2. The predicted molar refractivity (Wildman–Crippen MR) is 246 cm³/mol. The lowest BCUT2D eigenvalue weighted by atomic mass is 9.82. The van der Waals surface area contributed by atoms with E-state index in [1.54, 1.807) is 0 Å². The van der Waals surface area contributed by atoms with Crippen molar-refractivity contribution in [1.82, 2.24) is 19.5 Å². The maximum atomic E-state index is 5.22. The van der Waals surface area contributed by atoms with Crippen LogP contribution in [0.5, 0.6) is 0 Å². The Hall–Kier alpha value is -7.21. The van der Waals surface area contributed by atoms with E-state index in [9.17, 15) is 0 Å². The zero-order chi connectivity index (χ0) is 39.2. The van der Waals surface area contributed by atoms with Crippen LogP contribution in [0.2, 0.25) is 0 Å². The molecule has 59 heavy (non-hydrogen) atoms. The minimum Gasteiger partial charge on any atom is -0.309 e. The average molecular weight is 773 g/mol. The van der Waals surface area contributed by atoms with Crippen molar-refractivity contribution in [3.63, 3.8) is 0 Å². The zero-order valence-electron chi connectivity index (χ0n) is 32.5. The average Bonchev–Trinajstić information content (AvgIpc) is 3.91. The fourth-order valence-electron chi connectivity index (χ4n) is 9.35. The van der Waals surface area contributed by atoms with Gasteiger partial charge in [-0.3, -0.25) is 0 Å². The summed E-state index contributed by atoms with van der Waals surface area (Å²) in [6.07, 6.45) is 0. The Balaban J connectivity index is 0.990. The molecule has 1 aliphatic carbocycles. The second kappa shape index (κ2) is 12.9. The largest absolute Gasteiger partial charge is 0.309 e. The van der Waals surface area contributed by atoms with Gasteiger partial charge in [0.2, 0.25) is 0 Å². The maximum absolute atomic E-state index is 5.22. The molecule has 0 atom stereocenters. The van der Waals surface area contributed by atoms with Crippen molar-refractivity contribution >= 4 is 53.3 Å². The van der Waals surface area contributed by atoms with Crippen molar-refractivity contribution in [2.45, 2.75) is 19.3 Å². The SMILES string of the molecule is CC1(C)c2ccccc2-c2ccc(-c3nc(-c4ccccc4)nc(-c4ccc5sc6c(-c7ccc8c(c7)c7ccccc7n8-c7ccccc7)cccc6c5c4)n3)cc21. The van der Waals surface area contributed by atoms with E-state index in [-0.39, 0.29) is 5.41 Å². The van der Waals surface area contributed by atoms with Gasteiger partial charge in [-0.1, -0.05) is 141 Å². The molecule has 5 heteroatoms. The van der Waals surface area contributed by atoms with Gasteiger partial charge in [0, 0.05) is 58.7 Å². The van der Waals surface area contributed by atoms with Crippen LogP contribution in [-0.4, -0.2) is 19.5 Å². The van der Waals surface area contributed by atoms with Crippen molar-refractivity contribution in [3.8, 4) is 62.1 Å². The normalized spacial score (nSPS) is 13.1. The number of rotatable bonds is 5. The van der Waals surface area contributed by atoms with Crippen molar-refractivity contribution in [2.75, 3.05) is 0 Å². The third-order valence-electron chi connectivity index (χ3n) is 12.3. The van der Waals surface area contributed by atoms with Gasteiger partial charge in [0.15, 0.2) is 17.5 Å². The second-order valence-electron chi connectivity index (χ2n) is 16.0. The lowest BCUT2D eigenvalue weighted by Crippen LogP contribution is -2.15. The van der Waals surface area contributed by atoms with Crippen LogP contribution in [0.3, 0.4) is 0 Å². The minimum absolute atomic E-state index is 0.128. The number of nitrogens with zero attached hydrogens (tertiary/aromatic N) is 4. The number of benzene rings is 8. The fraction of sp³-hybridized carbons (Fsp3) is 0.0556. The first kappa shape index (κ1) is 33.9. The Labute approximate surface area is 345 Å². The second-order valence-corrected chi connectivity index (χ2v) is 17.1. The monoisotopic (exact) mass is 772 g/mol. The summed E-state index contributed by atoms with van der Waals surface area (Å²) < 4.78 is 4.88. The van der Waals surface area contributed by atoms with Crippen molar-refractivity contribution < 1.29 is 0 Å². The molecule has 0 unspecified atom stereocenters. The first-order chi connectivity index (χ1) is 29.0. The quantitative estimate of drug-likeness (QED) is 0.175. The molecule has 0 saturated carbocycles. The summed E-state index contributed by atoms with van der Waals surface area (Å²) in [5.41, 5.74) is 14.0. The summed E-state index contributed by atoms with van der Waals surface area (Å²) in [6, 6.07) is 65.3. The van der Waals surface area contributed by atoms with Gasteiger partial charge in [0.25, 0.3) is 0 Å². The molecule has 0 amide bonds. The number of hydrogen-bond donors (Lipinski definition) is 0. The van der Waals surface area contributed by atoms with Crippen LogP contribution >= 0.6 is 11.3 Å². The minimum atomic E-state index is -0.128. The third-order valence-corrected chi connectivity index (χ3v) is 13.5. The summed E-state index contributed by atoms with van der Waals surface area (Å²) in [5, 5.41) is 4.93. The van der Waals surface area contributed by atoms with Crippen LogP contribution in [0.15, 0.2) is 182 Å². The molecule has 0 spiro atoms. The molecule has 12 rings (SSSR count). The molecule has 11 aromatic rings. The first-order valence-electron chi connectivity index (χ1n) is 20.1. The Morgan fingerprint density at radius 2 is 1.00 bits per heavy atom. The molecular weight excluding hydrogens is 737 g/mol. The van der Waals surface area contributed by atoms with Crippen molar-refractivity contribution in [1.29, 1.82) is 0 Å². The summed E-state index contributed by atoms with van der Waals surface area (Å²) in [4.78, 5) is 15.4. The molecule has 1 aliphatic rings. The van der Waals surface area contributed by atoms with Gasteiger partial charge in [-0.05, 0) is 88.0 Å². The van der Waals surface area contributed by atoms with Crippen LogP contribution < -0.4 is 0 Å². The standard InChI is InChI=1S/C54H36N4S/c1-54(2)45-22-11-9-18-39(45)40-27-24-36(32-46(40)54)53-56-51(33-14-5-3-6-15-33)55-52(57-53)35-26-29-49-44(31-35)42-21-13-20-38(50(42)59-49)34-25-28-48-43(30-34)41-19-10-12-23-47(41)58(48)37-16-7-4-8-17-37/h3-32H,1-2H3. The molecule has 0 saturated heterocycles. The maximum Gasteiger partial charge on any atom is 0.164 e. The summed E-state index contributed by atoms with van der Waals surface area (Å²) >= 11 is 1.85. The Bertz CT molecular complexity index is 3470.